The molecule has 0 spiro atoms. The number of carboxylic acid groups (broad SMARTS) is 1. The molecule has 0 amide bonds. The zero-order valence-electron chi connectivity index (χ0n) is 9.88. The first-order chi connectivity index (χ1) is 8.10. The van der Waals surface area contributed by atoms with Gasteiger partial charge in [-0.2, -0.15) is 0 Å². The molecule has 0 radical (unpaired) electrons. The number of aromatic nitrogens is 2. The van der Waals surface area contributed by atoms with Gasteiger partial charge in [-0.05, 0) is 6.92 Å². The van der Waals surface area contributed by atoms with Crippen molar-refractivity contribution in [3.63, 3.8) is 0 Å². The topological polar surface area (TPSA) is 75.6 Å². The van der Waals surface area contributed by atoms with E-state index in [0.717, 1.165) is 0 Å². The quantitative estimate of drug-likeness (QED) is 0.740. The molecule has 1 heterocycles. The molecule has 1 N–H and O–H groups in total. The molecule has 0 bridgehead atoms. The van der Waals surface area contributed by atoms with Crippen molar-refractivity contribution in [1.82, 2.24) is 9.97 Å². The van der Waals surface area contributed by atoms with Crippen LogP contribution in [0.25, 0.3) is 0 Å². The normalized spacial score (nSPS) is 9.76. The van der Waals surface area contributed by atoms with E-state index in [4.69, 9.17) is 9.84 Å². The second-order valence-electron chi connectivity index (χ2n) is 3.39. The first kappa shape index (κ1) is 13.0. The Morgan fingerprint density at radius 1 is 1.65 bits per heavy atom. The number of anilines is 1. The van der Waals surface area contributed by atoms with E-state index >= 15 is 0 Å². The van der Waals surface area contributed by atoms with Crippen molar-refractivity contribution in [1.29, 1.82) is 0 Å². The summed E-state index contributed by atoms with van der Waals surface area (Å²) in [5.41, 5.74) is 0.707. The van der Waals surface area contributed by atoms with Crippen LogP contribution in [0.15, 0.2) is 19.0 Å². The Balaban J connectivity index is 3.08. The number of methoxy groups -OCH3 is 1. The van der Waals surface area contributed by atoms with Gasteiger partial charge in [-0.1, -0.05) is 6.08 Å². The number of carboxylic acids is 1. The molecular formula is C11H15N3O3. The van der Waals surface area contributed by atoms with Gasteiger partial charge in [-0.25, -0.2) is 9.97 Å². The number of aliphatic carboxylic acids is 1. The molecule has 0 saturated heterocycles. The minimum Gasteiger partial charge on any atom is -0.481 e. The van der Waals surface area contributed by atoms with Crippen LogP contribution in [0.3, 0.4) is 0 Å². The van der Waals surface area contributed by atoms with Crippen LogP contribution in [0.4, 0.5) is 5.82 Å². The van der Waals surface area contributed by atoms with Gasteiger partial charge in [0.15, 0.2) is 0 Å². The van der Waals surface area contributed by atoms with Crippen molar-refractivity contribution >= 4 is 11.8 Å². The van der Waals surface area contributed by atoms with Crippen molar-refractivity contribution in [3.05, 3.63) is 24.5 Å². The van der Waals surface area contributed by atoms with Crippen molar-refractivity contribution < 1.29 is 14.6 Å². The van der Waals surface area contributed by atoms with E-state index in [1.54, 1.807) is 17.9 Å². The van der Waals surface area contributed by atoms with Gasteiger partial charge in [0, 0.05) is 6.54 Å². The molecule has 0 fully saturated rings. The van der Waals surface area contributed by atoms with Crippen molar-refractivity contribution in [3.8, 4) is 5.88 Å². The third-order valence-corrected chi connectivity index (χ3v) is 2.18. The van der Waals surface area contributed by atoms with E-state index in [1.165, 1.54) is 13.4 Å². The predicted molar refractivity (Wildman–Crippen MR) is 63.4 cm³/mol. The molecule has 1 aromatic heterocycles. The fourth-order valence-corrected chi connectivity index (χ4v) is 1.49. The van der Waals surface area contributed by atoms with Crippen molar-refractivity contribution in [2.75, 3.05) is 25.1 Å². The number of carbonyl (C=O) groups is 1. The average Bonchev–Trinajstić information content (AvgIpc) is 2.28. The lowest BCUT2D eigenvalue weighted by molar-refractivity contribution is -0.135. The molecule has 0 aliphatic carbocycles. The molecule has 6 nitrogen and oxygen atoms in total. The molecule has 92 valence electrons. The summed E-state index contributed by atoms with van der Waals surface area (Å²) in [5.74, 6) is 0.0532. The van der Waals surface area contributed by atoms with E-state index in [0.29, 0.717) is 23.8 Å². The highest BCUT2D eigenvalue weighted by Crippen LogP contribution is 2.23. The SMILES string of the molecule is C=CCN(CC(=O)O)c1ncnc(OC)c1C. The molecule has 1 aromatic rings. The number of hydrogen-bond acceptors (Lipinski definition) is 5. The maximum absolute atomic E-state index is 10.8. The monoisotopic (exact) mass is 237 g/mol. The highest BCUT2D eigenvalue weighted by atomic mass is 16.5. The van der Waals surface area contributed by atoms with Crippen LogP contribution in [0.2, 0.25) is 0 Å². The maximum atomic E-state index is 10.8. The molecule has 0 atom stereocenters. The number of hydrogen-bond donors (Lipinski definition) is 1. The summed E-state index contributed by atoms with van der Waals surface area (Å²) in [4.78, 5) is 20.4. The van der Waals surface area contributed by atoms with E-state index in [-0.39, 0.29) is 6.54 Å². The molecule has 0 unspecified atom stereocenters. The summed E-state index contributed by atoms with van der Waals surface area (Å²) in [6.45, 7) is 5.63. The molecule has 6 heteroatoms. The highest BCUT2D eigenvalue weighted by molar-refractivity contribution is 5.73. The van der Waals surface area contributed by atoms with Crippen LogP contribution in [0.1, 0.15) is 5.56 Å². The zero-order valence-corrected chi connectivity index (χ0v) is 9.88. The molecule has 1 rings (SSSR count). The van der Waals surface area contributed by atoms with Gasteiger partial charge in [0.2, 0.25) is 5.88 Å². The van der Waals surface area contributed by atoms with Gasteiger partial charge >= 0.3 is 5.97 Å². The smallest absolute Gasteiger partial charge is 0.323 e. The lowest BCUT2D eigenvalue weighted by Gasteiger charge is -2.22. The molecule has 0 aromatic carbocycles. The van der Waals surface area contributed by atoms with Crippen LogP contribution in [0, 0.1) is 6.92 Å². The average molecular weight is 237 g/mol. The van der Waals surface area contributed by atoms with E-state index in [9.17, 15) is 4.79 Å². The summed E-state index contributed by atoms with van der Waals surface area (Å²) in [6, 6.07) is 0. The van der Waals surface area contributed by atoms with Crippen LogP contribution in [-0.2, 0) is 4.79 Å². The largest absolute Gasteiger partial charge is 0.481 e. The standard InChI is InChI=1S/C11H15N3O3/c1-4-5-14(6-9(15)16)10-8(2)11(17-3)13-7-12-10/h4,7H,1,5-6H2,2-3H3,(H,15,16). The summed E-state index contributed by atoms with van der Waals surface area (Å²) >= 11 is 0. The third kappa shape index (κ3) is 3.17. The van der Waals surface area contributed by atoms with E-state index in [2.05, 4.69) is 16.5 Å². The second kappa shape index (κ2) is 5.83. The summed E-state index contributed by atoms with van der Waals surface area (Å²) in [5, 5.41) is 8.84. The van der Waals surface area contributed by atoms with Gasteiger partial charge in [-0.3, -0.25) is 4.79 Å². The van der Waals surface area contributed by atoms with Crippen molar-refractivity contribution in [2.45, 2.75) is 6.92 Å². The van der Waals surface area contributed by atoms with Crippen molar-refractivity contribution in [2.24, 2.45) is 0 Å². The third-order valence-electron chi connectivity index (χ3n) is 2.18. The van der Waals surface area contributed by atoms with Gasteiger partial charge in [0.05, 0.1) is 12.7 Å². The number of rotatable bonds is 6. The molecular weight excluding hydrogens is 222 g/mol. The minimum absolute atomic E-state index is 0.146. The van der Waals surface area contributed by atoms with Crippen LogP contribution >= 0.6 is 0 Å². The molecule has 17 heavy (non-hydrogen) atoms. The number of nitrogens with zero attached hydrogens (tertiary/aromatic N) is 3. The van der Waals surface area contributed by atoms with E-state index < -0.39 is 5.97 Å². The predicted octanol–water partition coefficient (Wildman–Crippen LogP) is 0.871. The van der Waals surface area contributed by atoms with Crippen LogP contribution in [-0.4, -0.2) is 41.2 Å². The molecule has 0 aliphatic rings. The van der Waals surface area contributed by atoms with E-state index in [1.807, 2.05) is 0 Å². The second-order valence-corrected chi connectivity index (χ2v) is 3.39. The summed E-state index contributed by atoms with van der Waals surface area (Å²) < 4.78 is 5.07. The first-order valence-electron chi connectivity index (χ1n) is 5.03. The maximum Gasteiger partial charge on any atom is 0.323 e. The summed E-state index contributed by atoms with van der Waals surface area (Å²) in [6.07, 6.45) is 2.97. The van der Waals surface area contributed by atoms with Gasteiger partial charge in [-0.15, -0.1) is 6.58 Å². The molecule has 0 saturated carbocycles. The lowest BCUT2D eigenvalue weighted by Crippen LogP contribution is -2.31. The zero-order chi connectivity index (χ0) is 12.8. The van der Waals surface area contributed by atoms with Crippen LogP contribution in [0.5, 0.6) is 5.88 Å². The fourth-order valence-electron chi connectivity index (χ4n) is 1.49. The summed E-state index contributed by atoms with van der Waals surface area (Å²) in [7, 11) is 1.51. The Labute approximate surface area is 99.6 Å². The first-order valence-corrected chi connectivity index (χ1v) is 5.03. The Bertz CT molecular complexity index is 420. The van der Waals surface area contributed by atoms with Crippen LogP contribution < -0.4 is 9.64 Å². The fraction of sp³-hybridized carbons (Fsp3) is 0.364. The lowest BCUT2D eigenvalue weighted by atomic mass is 10.3. The van der Waals surface area contributed by atoms with Gasteiger partial charge in [0.25, 0.3) is 0 Å². The Morgan fingerprint density at radius 3 is 2.88 bits per heavy atom. The molecule has 0 aliphatic heterocycles. The Morgan fingerprint density at radius 2 is 2.35 bits per heavy atom. The minimum atomic E-state index is -0.927. The highest BCUT2D eigenvalue weighted by Gasteiger charge is 2.15. The Kier molecular flexibility index (Phi) is 4.45. The Hall–Kier alpha value is -2.11. The van der Waals surface area contributed by atoms with Gasteiger partial charge in [0.1, 0.15) is 18.7 Å². The van der Waals surface area contributed by atoms with Gasteiger partial charge < -0.3 is 14.7 Å². The number of ether oxygens (including phenoxy) is 1.